The predicted molar refractivity (Wildman–Crippen MR) is 56.7 cm³/mol. The quantitative estimate of drug-likeness (QED) is 0.748. The molecule has 1 fully saturated rings. The summed E-state index contributed by atoms with van der Waals surface area (Å²) >= 11 is 0. The van der Waals surface area contributed by atoms with Crippen molar-refractivity contribution in [3.63, 3.8) is 0 Å². The zero-order valence-electron chi connectivity index (χ0n) is 8.95. The summed E-state index contributed by atoms with van der Waals surface area (Å²) in [5.41, 5.74) is 0. The van der Waals surface area contributed by atoms with E-state index in [4.69, 9.17) is 4.52 Å². The highest BCUT2D eigenvalue weighted by Crippen LogP contribution is 2.23. The molecule has 0 unspecified atom stereocenters. The van der Waals surface area contributed by atoms with E-state index in [1.54, 1.807) is 18.5 Å². The van der Waals surface area contributed by atoms with E-state index in [2.05, 4.69) is 25.4 Å². The summed E-state index contributed by atoms with van der Waals surface area (Å²) in [5.74, 6) is 1.26. The van der Waals surface area contributed by atoms with Crippen molar-refractivity contribution in [3.05, 3.63) is 24.4 Å². The molecular weight excluding hydrogens is 222 g/mol. The maximum Gasteiger partial charge on any atom is 0.244 e. The number of hydrogen-bond acceptors (Lipinski definition) is 7. The van der Waals surface area contributed by atoms with Gasteiger partial charge in [0.2, 0.25) is 17.5 Å². The molecule has 0 radical (unpaired) electrons. The molecule has 88 valence electrons. The van der Waals surface area contributed by atoms with Gasteiger partial charge < -0.3 is 14.9 Å². The monoisotopic (exact) mass is 233 g/mol. The largest absolute Gasteiger partial charge is 0.392 e. The van der Waals surface area contributed by atoms with Crippen LogP contribution >= 0.6 is 0 Å². The van der Waals surface area contributed by atoms with Gasteiger partial charge in [-0.2, -0.15) is 4.98 Å². The first-order chi connectivity index (χ1) is 8.33. The Morgan fingerprint density at radius 1 is 1.29 bits per heavy atom. The molecule has 0 aliphatic carbocycles. The van der Waals surface area contributed by atoms with E-state index in [1.807, 2.05) is 0 Å². The van der Waals surface area contributed by atoms with Crippen molar-refractivity contribution in [2.45, 2.75) is 18.6 Å². The Kier molecular flexibility index (Phi) is 2.54. The first-order valence-electron chi connectivity index (χ1n) is 5.35. The van der Waals surface area contributed by atoms with Crippen molar-refractivity contribution in [2.75, 3.05) is 6.54 Å². The van der Waals surface area contributed by atoms with Crippen molar-refractivity contribution >= 4 is 0 Å². The average molecular weight is 233 g/mol. The molecule has 2 aromatic heterocycles. The fraction of sp³-hybridized carbons (Fsp3) is 0.400. The van der Waals surface area contributed by atoms with Gasteiger partial charge in [0.15, 0.2) is 0 Å². The lowest BCUT2D eigenvalue weighted by molar-refractivity contribution is 0.191. The molecule has 3 rings (SSSR count). The van der Waals surface area contributed by atoms with Gasteiger partial charge in [0.1, 0.15) is 0 Å². The number of β-amino-alcohol motifs (C(OH)–C–C–N with tert-alkyl or cyclic N) is 1. The van der Waals surface area contributed by atoms with Crippen LogP contribution in [0.15, 0.2) is 23.0 Å². The molecule has 3 heterocycles. The molecule has 7 nitrogen and oxygen atoms in total. The van der Waals surface area contributed by atoms with E-state index < -0.39 is 0 Å². The van der Waals surface area contributed by atoms with Crippen LogP contribution in [0.4, 0.5) is 0 Å². The normalized spacial score (nSPS) is 24.1. The Hall–Kier alpha value is -1.86. The standard InChI is InChI=1S/C10H11N5O2/c16-6-4-7(13-5-6)10-14-9(15-17-10)8-11-2-1-3-12-8/h1-3,6-7,13,16H,4-5H2/t6-,7-/m1/s1. The molecule has 1 saturated heterocycles. The summed E-state index contributed by atoms with van der Waals surface area (Å²) in [6.45, 7) is 0.546. The van der Waals surface area contributed by atoms with Crippen LogP contribution in [0.1, 0.15) is 18.4 Å². The van der Waals surface area contributed by atoms with Gasteiger partial charge in [-0.25, -0.2) is 9.97 Å². The van der Waals surface area contributed by atoms with Crippen LogP contribution in [0.3, 0.4) is 0 Å². The minimum atomic E-state index is -0.358. The van der Waals surface area contributed by atoms with E-state index >= 15 is 0 Å². The lowest BCUT2D eigenvalue weighted by Gasteiger charge is -2.01. The molecule has 0 spiro atoms. The second-order valence-electron chi connectivity index (χ2n) is 3.88. The molecule has 0 aromatic carbocycles. The van der Waals surface area contributed by atoms with Gasteiger partial charge in [-0.15, -0.1) is 0 Å². The summed E-state index contributed by atoms with van der Waals surface area (Å²) in [4.78, 5) is 12.3. The van der Waals surface area contributed by atoms with Crippen LogP contribution in [0, 0.1) is 0 Å². The number of hydrogen-bond donors (Lipinski definition) is 2. The Balaban J connectivity index is 1.84. The molecule has 0 saturated carbocycles. The van der Waals surface area contributed by atoms with Crippen molar-refractivity contribution in [2.24, 2.45) is 0 Å². The van der Waals surface area contributed by atoms with Gasteiger partial charge in [0, 0.05) is 18.9 Å². The summed E-state index contributed by atoms with van der Waals surface area (Å²) in [5, 5.41) is 16.3. The molecule has 1 aliphatic heterocycles. The molecule has 2 N–H and O–H groups in total. The van der Waals surface area contributed by atoms with E-state index in [9.17, 15) is 5.11 Å². The van der Waals surface area contributed by atoms with Crippen molar-refractivity contribution in [1.82, 2.24) is 25.4 Å². The summed E-state index contributed by atoms with van der Waals surface area (Å²) in [7, 11) is 0. The number of aliphatic hydroxyl groups excluding tert-OH is 1. The van der Waals surface area contributed by atoms with Crippen molar-refractivity contribution < 1.29 is 9.63 Å². The van der Waals surface area contributed by atoms with Crippen molar-refractivity contribution in [3.8, 4) is 11.6 Å². The minimum absolute atomic E-state index is 0.0880. The fourth-order valence-corrected chi connectivity index (χ4v) is 1.79. The number of aliphatic hydroxyl groups is 1. The summed E-state index contributed by atoms with van der Waals surface area (Å²) in [6, 6.07) is 1.63. The smallest absolute Gasteiger partial charge is 0.244 e. The van der Waals surface area contributed by atoms with Gasteiger partial charge in [-0.05, 0) is 12.5 Å². The van der Waals surface area contributed by atoms with Crippen LogP contribution in [-0.4, -0.2) is 37.9 Å². The lowest BCUT2D eigenvalue weighted by Crippen LogP contribution is -2.15. The zero-order chi connectivity index (χ0) is 11.7. The topological polar surface area (TPSA) is 97.0 Å². The third-order valence-corrected chi connectivity index (χ3v) is 2.61. The molecular formula is C10H11N5O2. The van der Waals surface area contributed by atoms with Gasteiger partial charge in [0.05, 0.1) is 12.1 Å². The van der Waals surface area contributed by atoms with Gasteiger partial charge in [-0.1, -0.05) is 5.16 Å². The molecule has 2 atom stereocenters. The highest BCUT2D eigenvalue weighted by atomic mass is 16.5. The molecule has 0 bridgehead atoms. The number of aromatic nitrogens is 4. The summed E-state index contributed by atoms with van der Waals surface area (Å²) < 4.78 is 5.14. The van der Waals surface area contributed by atoms with Crippen LogP contribution in [0.25, 0.3) is 11.6 Å². The van der Waals surface area contributed by atoms with Crippen LogP contribution in [-0.2, 0) is 0 Å². The highest BCUT2D eigenvalue weighted by molar-refractivity contribution is 5.40. The maximum absolute atomic E-state index is 9.41. The molecule has 1 aliphatic rings. The van der Waals surface area contributed by atoms with E-state index in [-0.39, 0.29) is 12.1 Å². The lowest BCUT2D eigenvalue weighted by atomic mass is 10.2. The highest BCUT2D eigenvalue weighted by Gasteiger charge is 2.28. The van der Waals surface area contributed by atoms with Crippen LogP contribution < -0.4 is 5.32 Å². The van der Waals surface area contributed by atoms with E-state index in [1.165, 1.54) is 0 Å². The fourth-order valence-electron chi connectivity index (χ4n) is 1.79. The average Bonchev–Trinajstić information content (AvgIpc) is 2.98. The number of nitrogens with zero attached hydrogens (tertiary/aromatic N) is 4. The number of nitrogens with one attached hydrogen (secondary N) is 1. The SMILES string of the molecule is O[C@H]1CN[C@@H](c2nc(-c3ncccn3)no2)C1. The molecule has 0 amide bonds. The Labute approximate surface area is 96.9 Å². The first kappa shape index (κ1) is 10.3. The Morgan fingerprint density at radius 3 is 2.82 bits per heavy atom. The van der Waals surface area contributed by atoms with Crippen LogP contribution in [0.2, 0.25) is 0 Å². The van der Waals surface area contributed by atoms with Gasteiger partial charge >= 0.3 is 0 Å². The van der Waals surface area contributed by atoms with Crippen LogP contribution in [0.5, 0.6) is 0 Å². The molecule has 2 aromatic rings. The number of rotatable bonds is 2. The van der Waals surface area contributed by atoms with E-state index in [0.29, 0.717) is 30.5 Å². The Morgan fingerprint density at radius 2 is 2.12 bits per heavy atom. The second kappa shape index (κ2) is 4.19. The molecule has 7 heteroatoms. The Bertz CT molecular complexity index is 500. The minimum Gasteiger partial charge on any atom is -0.392 e. The maximum atomic E-state index is 9.41. The summed E-state index contributed by atoms with van der Waals surface area (Å²) in [6.07, 6.45) is 3.46. The van der Waals surface area contributed by atoms with Crippen molar-refractivity contribution in [1.29, 1.82) is 0 Å². The first-order valence-corrected chi connectivity index (χ1v) is 5.35. The van der Waals surface area contributed by atoms with Gasteiger partial charge in [-0.3, -0.25) is 0 Å². The third-order valence-electron chi connectivity index (χ3n) is 2.61. The zero-order valence-corrected chi connectivity index (χ0v) is 8.95. The third kappa shape index (κ3) is 2.02. The second-order valence-corrected chi connectivity index (χ2v) is 3.88. The molecule has 17 heavy (non-hydrogen) atoms. The van der Waals surface area contributed by atoms with Gasteiger partial charge in [0.25, 0.3) is 0 Å². The predicted octanol–water partition coefficient (Wildman–Crippen LogP) is -0.0781. The van der Waals surface area contributed by atoms with E-state index in [0.717, 1.165) is 0 Å².